The summed E-state index contributed by atoms with van der Waals surface area (Å²) in [5.74, 6) is -0.498. The summed E-state index contributed by atoms with van der Waals surface area (Å²) in [5.41, 5.74) is -0.176. The minimum absolute atomic E-state index is 0.000965. The molecule has 1 atom stereocenters. The minimum Gasteiger partial charge on any atom is -0.506 e. The molecule has 1 fully saturated rings. The van der Waals surface area contributed by atoms with Gasteiger partial charge in [-0.3, -0.25) is 9.88 Å². The molecule has 3 N–H and O–H groups in total. The van der Waals surface area contributed by atoms with Crippen molar-refractivity contribution in [3.63, 3.8) is 0 Å². The number of nitrogens with zero attached hydrogens (tertiary/aromatic N) is 2. The first kappa shape index (κ1) is 16.0. The molecule has 21 heavy (non-hydrogen) atoms. The van der Waals surface area contributed by atoms with Gasteiger partial charge in [0.1, 0.15) is 11.8 Å². The Balaban J connectivity index is 2.53. The standard InChI is InChI=1S/C13H18F3N3O2/c1-8-11(21)10(9(7-20)6-18-8)12(13(14,15)16)19-4-2-17-3-5-19/h6,12,17,20-21H,2-5,7H2,1H3/t12-/m1/s1. The predicted octanol–water partition coefficient (Wildman–Crippen LogP) is 1.10. The van der Waals surface area contributed by atoms with Gasteiger partial charge in [0.05, 0.1) is 12.3 Å². The fraction of sp³-hybridized carbons (Fsp3) is 0.615. The lowest BCUT2D eigenvalue weighted by Crippen LogP contribution is -2.49. The van der Waals surface area contributed by atoms with Gasteiger partial charge in [-0.1, -0.05) is 0 Å². The molecule has 0 amide bonds. The van der Waals surface area contributed by atoms with E-state index in [4.69, 9.17) is 0 Å². The van der Waals surface area contributed by atoms with Crippen molar-refractivity contribution >= 4 is 0 Å². The van der Waals surface area contributed by atoms with E-state index in [0.29, 0.717) is 13.1 Å². The summed E-state index contributed by atoms with van der Waals surface area (Å²) < 4.78 is 40.6. The molecule has 2 heterocycles. The fourth-order valence-corrected chi connectivity index (χ4v) is 2.58. The average Bonchev–Trinajstić information content (AvgIpc) is 2.44. The Labute approximate surface area is 120 Å². The number of halogens is 3. The van der Waals surface area contributed by atoms with Gasteiger partial charge in [-0.05, 0) is 6.92 Å². The third-order valence-electron chi connectivity index (χ3n) is 3.63. The van der Waals surface area contributed by atoms with Crippen LogP contribution in [0.2, 0.25) is 0 Å². The van der Waals surface area contributed by atoms with Gasteiger partial charge < -0.3 is 15.5 Å². The van der Waals surface area contributed by atoms with Gasteiger partial charge in [0.25, 0.3) is 0 Å². The van der Waals surface area contributed by atoms with Crippen LogP contribution in [0.15, 0.2) is 6.20 Å². The maximum atomic E-state index is 13.5. The molecule has 8 heteroatoms. The van der Waals surface area contributed by atoms with E-state index in [2.05, 4.69) is 10.3 Å². The summed E-state index contributed by atoms with van der Waals surface area (Å²) >= 11 is 0. The lowest BCUT2D eigenvalue weighted by Gasteiger charge is -2.37. The Hall–Kier alpha value is -1.38. The summed E-state index contributed by atoms with van der Waals surface area (Å²) in [6.45, 7) is 2.17. The van der Waals surface area contributed by atoms with Gasteiger partial charge in [0, 0.05) is 43.5 Å². The van der Waals surface area contributed by atoms with E-state index in [9.17, 15) is 23.4 Å². The molecule has 0 spiro atoms. The highest BCUT2D eigenvalue weighted by Crippen LogP contribution is 2.43. The maximum absolute atomic E-state index is 13.5. The van der Waals surface area contributed by atoms with Crippen LogP contribution in [0.5, 0.6) is 5.75 Å². The summed E-state index contributed by atoms with van der Waals surface area (Å²) in [5, 5.41) is 22.3. The summed E-state index contributed by atoms with van der Waals surface area (Å²) in [7, 11) is 0. The highest BCUT2D eigenvalue weighted by atomic mass is 19.4. The van der Waals surface area contributed by atoms with Crippen LogP contribution in [0.1, 0.15) is 22.9 Å². The number of aliphatic hydroxyl groups excluding tert-OH is 1. The van der Waals surface area contributed by atoms with E-state index in [-0.39, 0.29) is 29.9 Å². The molecule has 0 aromatic carbocycles. The molecule has 1 aromatic heterocycles. The van der Waals surface area contributed by atoms with E-state index in [1.165, 1.54) is 18.0 Å². The lowest BCUT2D eigenvalue weighted by atomic mass is 9.97. The monoisotopic (exact) mass is 305 g/mol. The van der Waals surface area contributed by atoms with Crippen LogP contribution >= 0.6 is 0 Å². The highest BCUT2D eigenvalue weighted by molar-refractivity contribution is 5.43. The van der Waals surface area contributed by atoms with E-state index in [1.807, 2.05) is 0 Å². The van der Waals surface area contributed by atoms with E-state index in [1.54, 1.807) is 0 Å². The topological polar surface area (TPSA) is 68.6 Å². The van der Waals surface area contributed by atoms with E-state index < -0.39 is 24.6 Å². The van der Waals surface area contributed by atoms with Crippen molar-refractivity contribution in [2.45, 2.75) is 25.7 Å². The Bertz CT molecular complexity index is 502. The van der Waals surface area contributed by atoms with Crippen molar-refractivity contribution in [3.8, 4) is 5.75 Å². The molecule has 1 aliphatic heterocycles. The van der Waals surface area contributed by atoms with E-state index >= 15 is 0 Å². The van der Waals surface area contributed by atoms with Crippen molar-refractivity contribution in [2.75, 3.05) is 26.2 Å². The van der Waals surface area contributed by atoms with Crippen LogP contribution in [-0.4, -0.2) is 52.5 Å². The molecule has 1 aromatic rings. The molecular formula is C13H18F3N3O2. The fourth-order valence-electron chi connectivity index (χ4n) is 2.58. The third-order valence-corrected chi connectivity index (χ3v) is 3.63. The number of rotatable bonds is 3. The molecule has 0 radical (unpaired) electrons. The SMILES string of the molecule is Cc1ncc(CO)c([C@@H](N2CCNCC2)C(F)(F)F)c1O. The van der Waals surface area contributed by atoms with Gasteiger partial charge >= 0.3 is 6.18 Å². The second-order valence-electron chi connectivity index (χ2n) is 5.02. The quantitative estimate of drug-likeness (QED) is 0.780. The summed E-state index contributed by atoms with van der Waals surface area (Å²) in [4.78, 5) is 5.08. The zero-order valence-corrected chi connectivity index (χ0v) is 11.6. The number of nitrogens with one attached hydrogen (secondary N) is 1. The van der Waals surface area contributed by atoms with Gasteiger partial charge in [-0.15, -0.1) is 0 Å². The number of piperazine rings is 1. The first-order chi connectivity index (χ1) is 9.86. The molecule has 0 saturated carbocycles. The van der Waals surface area contributed by atoms with Gasteiger partial charge in [0.2, 0.25) is 0 Å². The van der Waals surface area contributed by atoms with Crippen molar-refractivity contribution in [2.24, 2.45) is 0 Å². The number of hydrogen-bond donors (Lipinski definition) is 3. The highest BCUT2D eigenvalue weighted by Gasteiger charge is 2.47. The maximum Gasteiger partial charge on any atom is 0.408 e. The normalized spacial score (nSPS) is 18.7. The third kappa shape index (κ3) is 3.28. The van der Waals surface area contributed by atoms with Crippen LogP contribution in [0, 0.1) is 6.92 Å². The van der Waals surface area contributed by atoms with Crippen LogP contribution in [-0.2, 0) is 6.61 Å². The predicted molar refractivity (Wildman–Crippen MR) is 69.8 cm³/mol. The minimum atomic E-state index is -4.55. The molecule has 118 valence electrons. The molecule has 0 unspecified atom stereocenters. The van der Waals surface area contributed by atoms with Crippen molar-refractivity contribution in [1.82, 2.24) is 15.2 Å². The number of aryl methyl sites for hydroxylation is 1. The molecule has 1 aliphatic rings. The Kier molecular flexibility index (Phi) is 4.70. The van der Waals surface area contributed by atoms with Gasteiger partial charge in [-0.25, -0.2) is 0 Å². The Morgan fingerprint density at radius 1 is 1.38 bits per heavy atom. The Morgan fingerprint density at radius 3 is 2.52 bits per heavy atom. The molecule has 2 rings (SSSR count). The van der Waals surface area contributed by atoms with Crippen LogP contribution < -0.4 is 5.32 Å². The first-order valence-electron chi connectivity index (χ1n) is 6.66. The summed E-state index contributed by atoms with van der Waals surface area (Å²) in [6.07, 6.45) is -3.36. The number of pyridine rings is 1. The lowest BCUT2D eigenvalue weighted by molar-refractivity contribution is -0.188. The van der Waals surface area contributed by atoms with Crippen molar-refractivity contribution < 1.29 is 23.4 Å². The van der Waals surface area contributed by atoms with Gasteiger partial charge in [0.15, 0.2) is 0 Å². The van der Waals surface area contributed by atoms with Gasteiger partial charge in [-0.2, -0.15) is 13.2 Å². The van der Waals surface area contributed by atoms with Crippen LogP contribution in [0.25, 0.3) is 0 Å². The molecule has 0 aliphatic carbocycles. The zero-order valence-electron chi connectivity index (χ0n) is 11.6. The second kappa shape index (κ2) is 6.17. The van der Waals surface area contributed by atoms with E-state index in [0.717, 1.165) is 0 Å². The second-order valence-corrected chi connectivity index (χ2v) is 5.02. The smallest absolute Gasteiger partial charge is 0.408 e. The first-order valence-corrected chi connectivity index (χ1v) is 6.66. The Morgan fingerprint density at radius 2 is 2.00 bits per heavy atom. The number of aromatic nitrogens is 1. The van der Waals surface area contributed by atoms with Crippen LogP contribution in [0.4, 0.5) is 13.2 Å². The molecular weight excluding hydrogens is 287 g/mol. The molecule has 5 nitrogen and oxygen atoms in total. The van der Waals surface area contributed by atoms with Crippen LogP contribution in [0.3, 0.4) is 0 Å². The molecule has 0 bridgehead atoms. The number of aromatic hydroxyl groups is 1. The number of alkyl halides is 3. The van der Waals surface area contributed by atoms with Crippen molar-refractivity contribution in [3.05, 3.63) is 23.0 Å². The van der Waals surface area contributed by atoms with Crippen molar-refractivity contribution in [1.29, 1.82) is 0 Å². The summed E-state index contributed by atoms with van der Waals surface area (Å²) in [6, 6.07) is -1.94. The molecule has 1 saturated heterocycles. The average molecular weight is 305 g/mol. The number of hydrogen-bond acceptors (Lipinski definition) is 5. The largest absolute Gasteiger partial charge is 0.506 e. The number of aliphatic hydroxyl groups is 1. The zero-order chi connectivity index (χ0) is 15.6.